The molecule has 2 bridgehead atoms. The SMILES string of the molecule is COC(=O)c1nccn1CC(=O)CNC(=O)[C@@H]1CC[C@@H]2CN1C(=O)N2OS(=O)(=O)[O-].[Na+]. The fourth-order valence-electron chi connectivity index (χ4n) is 3.37. The number of methoxy groups -OCH3 is 1. The van der Waals surface area contributed by atoms with Gasteiger partial charge in [-0.05, 0) is 12.8 Å². The van der Waals surface area contributed by atoms with E-state index in [0.717, 1.165) is 4.90 Å². The number of aromatic nitrogens is 2. The molecule has 1 N–H and O–H groups in total. The number of nitrogens with zero attached hydrogens (tertiary/aromatic N) is 4. The number of hydroxylamine groups is 2. The van der Waals surface area contributed by atoms with Crippen molar-refractivity contribution >= 4 is 34.1 Å². The molecule has 3 rings (SSSR count). The van der Waals surface area contributed by atoms with Gasteiger partial charge in [0.1, 0.15) is 6.04 Å². The average Bonchev–Trinajstić information content (AvgIpc) is 3.23. The van der Waals surface area contributed by atoms with Crippen LogP contribution in [0.3, 0.4) is 0 Å². The molecule has 0 radical (unpaired) electrons. The maximum Gasteiger partial charge on any atom is 1.00 e. The van der Waals surface area contributed by atoms with Gasteiger partial charge < -0.3 is 24.1 Å². The first-order valence-corrected chi connectivity index (χ1v) is 10.1. The molecule has 2 fully saturated rings. The molecule has 164 valence electrons. The average molecular weight is 467 g/mol. The van der Waals surface area contributed by atoms with Crippen LogP contribution in [0.5, 0.6) is 0 Å². The molecule has 0 aliphatic carbocycles. The molecular formula is C15H18N5NaO9S. The van der Waals surface area contributed by atoms with Crippen LogP contribution in [0, 0.1) is 0 Å². The fourth-order valence-corrected chi connectivity index (χ4v) is 3.75. The van der Waals surface area contributed by atoms with Gasteiger partial charge in [0, 0.05) is 18.9 Å². The molecule has 1 aromatic rings. The number of urea groups is 1. The van der Waals surface area contributed by atoms with Crippen LogP contribution < -0.4 is 34.9 Å². The van der Waals surface area contributed by atoms with Gasteiger partial charge in [0.05, 0.1) is 26.2 Å². The van der Waals surface area contributed by atoms with Crippen LogP contribution >= 0.6 is 0 Å². The number of rotatable bonds is 8. The Labute approximate surface area is 199 Å². The molecule has 1 aromatic heterocycles. The Kier molecular flexibility index (Phi) is 8.18. The van der Waals surface area contributed by atoms with Crippen molar-refractivity contribution in [3.63, 3.8) is 0 Å². The Morgan fingerprint density at radius 3 is 2.68 bits per heavy atom. The van der Waals surface area contributed by atoms with Crippen molar-refractivity contribution in [2.24, 2.45) is 0 Å². The number of imidazole rings is 1. The summed E-state index contributed by atoms with van der Waals surface area (Å²) in [5.41, 5.74) is 0. The zero-order valence-corrected chi connectivity index (χ0v) is 19.5. The zero-order valence-electron chi connectivity index (χ0n) is 16.7. The molecule has 0 unspecified atom stereocenters. The molecule has 14 nitrogen and oxygen atoms in total. The summed E-state index contributed by atoms with van der Waals surface area (Å²) in [6.45, 7) is -0.588. The largest absolute Gasteiger partial charge is 1.00 e. The van der Waals surface area contributed by atoms with Crippen LogP contribution in [0.25, 0.3) is 0 Å². The Morgan fingerprint density at radius 1 is 1.32 bits per heavy atom. The molecule has 0 spiro atoms. The second kappa shape index (κ2) is 10.1. The minimum absolute atomic E-state index is 0. The topological polar surface area (TPSA) is 180 Å². The summed E-state index contributed by atoms with van der Waals surface area (Å²) in [6.07, 6.45) is 3.17. The number of ketones is 1. The van der Waals surface area contributed by atoms with Crippen molar-refractivity contribution in [3.8, 4) is 0 Å². The first kappa shape index (κ1) is 25.2. The van der Waals surface area contributed by atoms with Crippen LogP contribution in [0.15, 0.2) is 12.4 Å². The quantitative estimate of drug-likeness (QED) is 0.168. The van der Waals surface area contributed by atoms with Gasteiger partial charge in [0.25, 0.3) is 0 Å². The summed E-state index contributed by atoms with van der Waals surface area (Å²) in [7, 11) is -3.96. The van der Waals surface area contributed by atoms with Crippen molar-refractivity contribution in [1.29, 1.82) is 0 Å². The van der Waals surface area contributed by atoms with E-state index < -0.39 is 46.2 Å². The van der Waals surface area contributed by atoms with E-state index in [2.05, 4.69) is 19.3 Å². The van der Waals surface area contributed by atoms with E-state index in [4.69, 9.17) is 0 Å². The molecule has 31 heavy (non-hydrogen) atoms. The first-order chi connectivity index (χ1) is 14.1. The molecular weight excluding hydrogens is 449 g/mol. The standard InChI is InChI=1S/C15H19N5O9S.Na/c1-28-14(23)12-16-4-5-18(12)8-10(21)6-17-13(22)11-3-2-9-7-19(11)15(24)20(9)29-30(25,26)27;/h4-5,9,11H,2-3,6-8H2,1H3,(H,17,22)(H,25,26,27);/q;+1/p-1/t9-,11+;/m1./s1. The van der Waals surface area contributed by atoms with Gasteiger partial charge in [-0.1, -0.05) is 0 Å². The maximum atomic E-state index is 12.5. The molecule has 16 heteroatoms. The van der Waals surface area contributed by atoms with Gasteiger partial charge in [-0.3, -0.25) is 9.59 Å². The second-order valence-electron chi connectivity index (χ2n) is 6.62. The third-order valence-electron chi connectivity index (χ3n) is 4.69. The molecule has 0 saturated carbocycles. The van der Waals surface area contributed by atoms with Gasteiger partial charge in [-0.25, -0.2) is 23.0 Å². The van der Waals surface area contributed by atoms with E-state index in [1.165, 1.54) is 24.1 Å². The molecule has 2 atom stereocenters. The summed E-state index contributed by atoms with van der Waals surface area (Å²) in [5.74, 6) is -1.82. The summed E-state index contributed by atoms with van der Waals surface area (Å²) < 4.78 is 42.4. The Hall–Kier alpha value is -2.04. The number of nitrogens with one attached hydrogen (secondary N) is 1. The molecule has 2 saturated heterocycles. The normalized spacial score (nSPS) is 20.3. The summed E-state index contributed by atoms with van der Waals surface area (Å²) in [5, 5.41) is 2.89. The minimum atomic E-state index is -5.13. The number of hydrogen-bond donors (Lipinski definition) is 1. The zero-order chi connectivity index (χ0) is 22.1. The van der Waals surface area contributed by atoms with Crippen LogP contribution in [-0.4, -0.2) is 88.5 Å². The molecule has 0 aromatic carbocycles. The van der Waals surface area contributed by atoms with Gasteiger partial charge in [0.15, 0.2) is 5.78 Å². The maximum absolute atomic E-state index is 12.5. The van der Waals surface area contributed by atoms with Crippen LogP contribution in [-0.2, 0) is 35.6 Å². The second-order valence-corrected chi connectivity index (χ2v) is 7.58. The van der Waals surface area contributed by atoms with Crippen LogP contribution in [0.1, 0.15) is 23.5 Å². The molecule has 3 amide bonds. The summed E-state index contributed by atoms with van der Waals surface area (Å²) in [6, 6.07) is -2.52. The molecule has 2 aliphatic heterocycles. The van der Waals surface area contributed by atoms with E-state index in [-0.39, 0.29) is 67.9 Å². The third kappa shape index (κ3) is 5.81. The van der Waals surface area contributed by atoms with E-state index in [1.807, 2.05) is 0 Å². The number of esters is 1. The minimum Gasteiger partial charge on any atom is -0.724 e. The summed E-state index contributed by atoms with van der Waals surface area (Å²) in [4.78, 5) is 53.4. The predicted molar refractivity (Wildman–Crippen MR) is 93.1 cm³/mol. The van der Waals surface area contributed by atoms with Crippen molar-refractivity contribution < 1.29 is 70.7 Å². The number of amides is 3. The number of piperidine rings is 1. The number of hydrogen-bond acceptors (Lipinski definition) is 10. The molecule has 2 aliphatic rings. The van der Waals surface area contributed by atoms with E-state index >= 15 is 0 Å². The van der Waals surface area contributed by atoms with Gasteiger partial charge in [-0.2, -0.15) is 9.35 Å². The Balaban J connectivity index is 0.00000341. The summed E-state index contributed by atoms with van der Waals surface area (Å²) >= 11 is 0. The number of carbonyl (C=O) groups is 4. The number of fused-ring (bicyclic) bond motifs is 2. The van der Waals surface area contributed by atoms with Crippen molar-refractivity contribution in [2.75, 3.05) is 20.2 Å². The number of Topliss-reactive ketones (excluding diaryl/α,β-unsaturated/α-hetero) is 1. The smallest absolute Gasteiger partial charge is 0.724 e. The third-order valence-corrected chi connectivity index (χ3v) is 5.03. The van der Waals surface area contributed by atoms with Crippen molar-refractivity contribution in [3.05, 3.63) is 18.2 Å². The monoisotopic (exact) mass is 467 g/mol. The van der Waals surface area contributed by atoms with Gasteiger partial charge >= 0.3 is 41.6 Å². The number of ether oxygens (including phenoxy) is 1. The van der Waals surface area contributed by atoms with Crippen LogP contribution in [0.4, 0.5) is 4.79 Å². The van der Waals surface area contributed by atoms with E-state index in [9.17, 15) is 32.1 Å². The molecule has 3 heterocycles. The fraction of sp³-hybridized carbons (Fsp3) is 0.533. The van der Waals surface area contributed by atoms with Crippen molar-refractivity contribution in [2.45, 2.75) is 31.5 Å². The van der Waals surface area contributed by atoms with Crippen molar-refractivity contribution in [1.82, 2.24) is 24.8 Å². The Bertz CT molecular complexity index is 981. The Morgan fingerprint density at radius 2 is 2.03 bits per heavy atom. The van der Waals surface area contributed by atoms with E-state index in [1.54, 1.807) is 0 Å². The van der Waals surface area contributed by atoms with Gasteiger partial charge in [-0.15, -0.1) is 0 Å². The van der Waals surface area contributed by atoms with E-state index in [0.29, 0.717) is 5.06 Å². The number of carbonyl (C=O) groups excluding carboxylic acids is 4. The predicted octanol–water partition coefficient (Wildman–Crippen LogP) is -4.98. The first-order valence-electron chi connectivity index (χ1n) is 8.75. The van der Waals surface area contributed by atoms with Crippen LogP contribution in [0.2, 0.25) is 0 Å². The van der Waals surface area contributed by atoms with Gasteiger partial charge in [0.2, 0.25) is 22.1 Å².